The molecule has 3 atom stereocenters. The summed E-state index contributed by atoms with van der Waals surface area (Å²) in [5.41, 5.74) is 2.73. The number of nitrogens with one attached hydrogen (secondary N) is 1. The lowest BCUT2D eigenvalue weighted by Gasteiger charge is -2.30. The van der Waals surface area contributed by atoms with E-state index in [0.29, 0.717) is 24.6 Å². The van der Waals surface area contributed by atoms with Gasteiger partial charge in [-0.15, -0.1) is 0 Å². The fraction of sp³-hybridized carbons (Fsp3) is 0.591. The van der Waals surface area contributed by atoms with Gasteiger partial charge in [0.05, 0.1) is 12.2 Å². The molecular formula is C22H28N2O4. The van der Waals surface area contributed by atoms with Gasteiger partial charge in [0.15, 0.2) is 0 Å². The Morgan fingerprint density at radius 1 is 1.18 bits per heavy atom. The van der Waals surface area contributed by atoms with Gasteiger partial charge in [0, 0.05) is 18.5 Å². The van der Waals surface area contributed by atoms with E-state index in [4.69, 9.17) is 4.74 Å². The maximum absolute atomic E-state index is 12.8. The number of hydrogen-bond acceptors (Lipinski definition) is 4. The lowest BCUT2D eigenvalue weighted by Crippen LogP contribution is -2.52. The Morgan fingerprint density at radius 2 is 2.04 bits per heavy atom. The zero-order chi connectivity index (χ0) is 19.7. The molecule has 1 aromatic carbocycles. The molecule has 0 spiro atoms. The summed E-state index contributed by atoms with van der Waals surface area (Å²) in [5, 5.41) is 2.35. The van der Waals surface area contributed by atoms with E-state index in [1.165, 1.54) is 12.8 Å². The van der Waals surface area contributed by atoms with Crippen molar-refractivity contribution in [3.05, 3.63) is 34.9 Å². The van der Waals surface area contributed by atoms with Crippen molar-refractivity contribution in [2.45, 2.75) is 83.1 Å². The van der Waals surface area contributed by atoms with Crippen molar-refractivity contribution < 1.29 is 19.1 Å². The molecule has 6 heteroatoms. The molecule has 3 aliphatic rings. The number of imide groups is 1. The van der Waals surface area contributed by atoms with Crippen molar-refractivity contribution in [2.24, 2.45) is 0 Å². The number of fused-ring (bicyclic) bond motifs is 1. The number of rotatable bonds is 5. The van der Waals surface area contributed by atoms with Crippen LogP contribution in [0.4, 0.5) is 0 Å². The molecule has 0 bridgehead atoms. The fourth-order valence-corrected chi connectivity index (χ4v) is 4.58. The van der Waals surface area contributed by atoms with Crippen LogP contribution in [0.25, 0.3) is 0 Å². The maximum atomic E-state index is 12.8. The van der Waals surface area contributed by atoms with E-state index >= 15 is 0 Å². The number of piperidine rings is 1. The molecule has 1 N–H and O–H groups in total. The summed E-state index contributed by atoms with van der Waals surface area (Å²) in [6.07, 6.45) is 7.86. The van der Waals surface area contributed by atoms with Gasteiger partial charge in [-0.05, 0) is 49.3 Å². The second-order valence-corrected chi connectivity index (χ2v) is 8.14. The topological polar surface area (TPSA) is 75.7 Å². The third-order valence-corrected chi connectivity index (χ3v) is 6.15. The lowest BCUT2D eigenvalue weighted by molar-refractivity contribution is -0.136. The van der Waals surface area contributed by atoms with E-state index in [1.54, 1.807) is 4.90 Å². The van der Waals surface area contributed by atoms with Gasteiger partial charge in [-0.3, -0.25) is 19.7 Å². The van der Waals surface area contributed by atoms with E-state index < -0.39 is 6.04 Å². The molecule has 28 heavy (non-hydrogen) atoms. The molecule has 2 saturated heterocycles. The number of nitrogens with zero attached hydrogens (tertiary/aromatic N) is 1. The molecule has 0 aliphatic carbocycles. The van der Waals surface area contributed by atoms with Crippen molar-refractivity contribution in [3.8, 4) is 0 Å². The smallest absolute Gasteiger partial charge is 0.255 e. The molecule has 3 heterocycles. The fourth-order valence-electron chi connectivity index (χ4n) is 4.58. The molecule has 2 fully saturated rings. The molecular weight excluding hydrogens is 356 g/mol. The predicted octanol–water partition coefficient (Wildman–Crippen LogP) is 3.25. The Labute approximate surface area is 165 Å². The first-order valence-corrected chi connectivity index (χ1v) is 10.5. The van der Waals surface area contributed by atoms with Crippen LogP contribution < -0.4 is 5.32 Å². The van der Waals surface area contributed by atoms with Crippen LogP contribution in [0.3, 0.4) is 0 Å². The summed E-state index contributed by atoms with van der Waals surface area (Å²) in [6.45, 7) is 2.62. The molecule has 0 aromatic heterocycles. The van der Waals surface area contributed by atoms with Crippen LogP contribution >= 0.6 is 0 Å². The molecule has 0 saturated carbocycles. The standard InChI is InChI=1S/C22H28N2O4/c1-2-3-5-16-6-4-7-19(28-16)14-8-9-17-15(12-14)13-24(22(17)27)18-10-11-20(25)23-21(18)26/h8-9,12,16,18-19H,2-7,10-11,13H2,1H3,(H,23,25,26)/t16-,18?,19-/m0/s1. The molecule has 6 nitrogen and oxygen atoms in total. The van der Waals surface area contributed by atoms with Crippen molar-refractivity contribution in [1.82, 2.24) is 10.2 Å². The minimum absolute atomic E-state index is 0.0839. The number of benzene rings is 1. The number of amides is 3. The second-order valence-electron chi connectivity index (χ2n) is 8.14. The molecule has 3 aliphatic heterocycles. The number of carbonyl (C=O) groups excluding carboxylic acids is 3. The normalized spacial score (nSPS) is 27.7. The van der Waals surface area contributed by atoms with Gasteiger partial charge in [-0.25, -0.2) is 0 Å². The summed E-state index contributed by atoms with van der Waals surface area (Å²) in [4.78, 5) is 38.0. The highest BCUT2D eigenvalue weighted by Crippen LogP contribution is 2.36. The summed E-state index contributed by atoms with van der Waals surface area (Å²) in [5.74, 6) is -0.756. The lowest BCUT2D eigenvalue weighted by atomic mass is 9.94. The first kappa shape index (κ1) is 19.1. The monoisotopic (exact) mass is 384 g/mol. The Morgan fingerprint density at radius 3 is 2.82 bits per heavy atom. The minimum Gasteiger partial charge on any atom is -0.370 e. The van der Waals surface area contributed by atoms with E-state index in [9.17, 15) is 14.4 Å². The largest absolute Gasteiger partial charge is 0.370 e. The van der Waals surface area contributed by atoms with Gasteiger partial charge >= 0.3 is 0 Å². The van der Waals surface area contributed by atoms with Gasteiger partial charge in [-0.2, -0.15) is 0 Å². The average molecular weight is 384 g/mol. The number of ether oxygens (including phenoxy) is 1. The highest BCUT2D eigenvalue weighted by molar-refractivity contribution is 6.05. The number of hydrogen-bond donors (Lipinski definition) is 1. The van der Waals surface area contributed by atoms with Crippen LogP contribution in [0.1, 0.15) is 85.9 Å². The zero-order valence-corrected chi connectivity index (χ0v) is 16.4. The van der Waals surface area contributed by atoms with Crippen LogP contribution in [0.2, 0.25) is 0 Å². The quantitative estimate of drug-likeness (QED) is 0.791. The summed E-state index contributed by atoms with van der Waals surface area (Å²) in [6, 6.07) is 5.38. The molecule has 3 amide bonds. The van der Waals surface area contributed by atoms with Crippen molar-refractivity contribution in [1.29, 1.82) is 0 Å². The molecule has 0 radical (unpaired) electrons. The van der Waals surface area contributed by atoms with E-state index in [2.05, 4.69) is 18.3 Å². The number of unbranched alkanes of at least 4 members (excludes halogenated alkanes) is 1. The van der Waals surface area contributed by atoms with Gasteiger partial charge < -0.3 is 9.64 Å². The van der Waals surface area contributed by atoms with Crippen LogP contribution in [0.15, 0.2) is 18.2 Å². The van der Waals surface area contributed by atoms with Crippen LogP contribution in [0.5, 0.6) is 0 Å². The van der Waals surface area contributed by atoms with Gasteiger partial charge in [-0.1, -0.05) is 31.9 Å². The van der Waals surface area contributed by atoms with Gasteiger partial charge in [0.25, 0.3) is 5.91 Å². The molecule has 1 unspecified atom stereocenters. The Bertz CT molecular complexity index is 791. The highest BCUT2D eigenvalue weighted by atomic mass is 16.5. The van der Waals surface area contributed by atoms with Crippen LogP contribution in [0, 0.1) is 0 Å². The van der Waals surface area contributed by atoms with Crippen molar-refractivity contribution >= 4 is 17.7 Å². The predicted molar refractivity (Wildman–Crippen MR) is 103 cm³/mol. The maximum Gasteiger partial charge on any atom is 0.255 e. The van der Waals surface area contributed by atoms with Crippen LogP contribution in [-0.4, -0.2) is 34.8 Å². The summed E-state index contributed by atoms with van der Waals surface area (Å²) < 4.78 is 6.33. The van der Waals surface area contributed by atoms with Gasteiger partial charge in [0.1, 0.15) is 6.04 Å². The summed E-state index contributed by atoms with van der Waals surface area (Å²) in [7, 11) is 0. The van der Waals surface area contributed by atoms with Gasteiger partial charge in [0.2, 0.25) is 11.8 Å². The third-order valence-electron chi connectivity index (χ3n) is 6.15. The second kappa shape index (κ2) is 8.03. The van der Waals surface area contributed by atoms with E-state index in [-0.39, 0.29) is 30.2 Å². The summed E-state index contributed by atoms with van der Waals surface area (Å²) >= 11 is 0. The molecule has 150 valence electrons. The van der Waals surface area contributed by atoms with Crippen molar-refractivity contribution in [2.75, 3.05) is 0 Å². The first-order valence-electron chi connectivity index (χ1n) is 10.5. The molecule has 1 aromatic rings. The average Bonchev–Trinajstić information content (AvgIpc) is 3.02. The Hall–Kier alpha value is -2.21. The van der Waals surface area contributed by atoms with E-state index in [1.807, 2.05) is 12.1 Å². The van der Waals surface area contributed by atoms with E-state index in [0.717, 1.165) is 36.8 Å². The van der Waals surface area contributed by atoms with Crippen LogP contribution in [-0.2, 0) is 20.9 Å². The Kier molecular flexibility index (Phi) is 5.49. The third kappa shape index (κ3) is 3.70. The Balaban J connectivity index is 1.48. The number of carbonyl (C=O) groups is 3. The van der Waals surface area contributed by atoms with Crippen molar-refractivity contribution in [3.63, 3.8) is 0 Å². The highest BCUT2D eigenvalue weighted by Gasteiger charge is 2.39. The first-order chi connectivity index (χ1) is 13.6. The molecule has 4 rings (SSSR count). The minimum atomic E-state index is -0.564. The SMILES string of the molecule is CCCC[C@H]1CCC[C@@H](c2ccc3c(c2)CN(C2CCC(=O)NC2=O)C3=O)O1. The zero-order valence-electron chi connectivity index (χ0n) is 16.4.